The van der Waals surface area contributed by atoms with Gasteiger partial charge in [-0.1, -0.05) is 61.2 Å². The number of phenolic OH excluding ortho intramolecular Hbond substituents is 1. The van der Waals surface area contributed by atoms with Crippen molar-refractivity contribution >= 4 is 5.57 Å². The normalized spacial score (nSPS) is 10.6. The molecule has 3 rings (SSSR count). The molecule has 1 N–H and O–H groups in total. The molecule has 0 amide bonds. The number of allylic oxidation sites excluding steroid dienone is 1. The summed E-state index contributed by atoms with van der Waals surface area (Å²) in [5.41, 5.74) is 5.94. The molecule has 0 saturated heterocycles. The van der Waals surface area contributed by atoms with Crippen LogP contribution in [0.1, 0.15) is 11.1 Å². The van der Waals surface area contributed by atoms with Crippen molar-refractivity contribution in [1.29, 1.82) is 0 Å². The average Bonchev–Trinajstić information content (AvgIpc) is 2.69. The van der Waals surface area contributed by atoms with E-state index in [4.69, 9.17) is 0 Å². The Kier molecular flexibility index (Phi) is 3.26. The van der Waals surface area contributed by atoms with Crippen LogP contribution >= 0.6 is 0 Å². The third kappa shape index (κ3) is 2.43. The first-order valence-electron chi connectivity index (χ1n) is 6.68. The van der Waals surface area contributed by atoms with Crippen molar-refractivity contribution < 1.29 is 5.11 Å². The number of hydrogen-bond acceptors (Lipinski definition) is 1. The summed E-state index contributed by atoms with van der Waals surface area (Å²) in [4.78, 5) is 0. The zero-order chi connectivity index (χ0) is 13.9. The maximum Gasteiger partial charge on any atom is 0.115 e. The van der Waals surface area contributed by atoms with Crippen LogP contribution in [0.15, 0.2) is 73.3 Å². The highest BCUT2D eigenvalue weighted by Gasteiger charge is 2.09. The molecule has 1 aromatic rings. The Morgan fingerprint density at radius 1 is 0.850 bits per heavy atom. The molecule has 0 unspecified atom stereocenters. The molecule has 0 aromatic heterocycles. The topological polar surface area (TPSA) is 20.2 Å². The van der Waals surface area contributed by atoms with Gasteiger partial charge in [-0.2, -0.15) is 0 Å². The third-order valence-electron chi connectivity index (χ3n) is 3.56. The molecular weight excluding hydrogens is 244 g/mol. The van der Waals surface area contributed by atoms with Crippen molar-refractivity contribution in [2.24, 2.45) is 0 Å². The predicted octanol–water partition coefficient (Wildman–Crippen LogP) is 4.75. The van der Waals surface area contributed by atoms with Gasteiger partial charge in [0.2, 0.25) is 0 Å². The van der Waals surface area contributed by atoms with Crippen LogP contribution in [0.3, 0.4) is 0 Å². The van der Waals surface area contributed by atoms with Crippen molar-refractivity contribution in [1.82, 2.24) is 0 Å². The Balaban J connectivity index is 1.87. The number of rotatable bonds is 3. The van der Waals surface area contributed by atoms with E-state index < -0.39 is 0 Å². The first-order chi connectivity index (χ1) is 9.74. The minimum absolute atomic E-state index is 0.285. The Morgan fingerprint density at radius 2 is 1.60 bits per heavy atom. The second-order valence-corrected chi connectivity index (χ2v) is 4.97. The number of hydrogen-bond donors (Lipinski definition) is 1. The molecule has 1 heteroatoms. The highest BCUT2D eigenvalue weighted by atomic mass is 16.3. The van der Waals surface area contributed by atoms with Crippen molar-refractivity contribution in [2.45, 2.75) is 6.42 Å². The summed E-state index contributed by atoms with van der Waals surface area (Å²) in [7, 11) is 0. The Labute approximate surface area is 119 Å². The number of phenols is 1. The van der Waals surface area contributed by atoms with Crippen LogP contribution in [0.4, 0.5) is 0 Å². The van der Waals surface area contributed by atoms with Crippen molar-refractivity contribution in [3.05, 3.63) is 84.4 Å². The van der Waals surface area contributed by atoms with E-state index in [-0.39, 0.29) is 5.75 Å². The molecule has 0 saturated carbocycles. The summed E-state index contributed by atoms with van der Waals surface area (Å²) in [5, 5.41) is 9.33. The van der Waals surface area contributed by atoms with Gasteiger partial charge in [0.1, 0.15) is 5.75 Å². The van der Waals surface area contributed by atoms with Crippen LogP contribution in [0, 0.1) is 0 Å². The van der Waals surface area contributed by atoms with E-state index >= 15 is 0 Å². The third-order valence-corrected chi connectivity index (χ3v) is 3.56. The minimum atomic E-state index is 0.285. The maximum atomic E-state index is 9.33. The molecule has 2 aliphatic carbocycles. The number of benzene rings is 1. The van der Waals surface area contributed by atoms with Crippen molar-refractivity contribution in [3.8, 4) is 16.9 Å². The van der Waals surface area contributed by atoms with Gasteiger partial charge in [0.15, 0.2) is 0 Å². The Bertz CT molecular complexity index is 710. The van der Waals surface area contributed by atoms with Gasteiger partial charge in [-0.15, -0.1) is 0 Å². The van der Waals surface area contributed by atoms with Crippen LogP contribution in [0.25, 0.3) is 16.7 Å². The highest BCUT2D eigenvalue weighted by molar-refractivity contribution is 5.75. The summed E-state index contributed by atoms with van der Waals surface area (Å²) in [6.45, 7) is 4.17. The van der Waals surface area contributed by atoms with E-state index in [1.165, 1.54) is 16.7 Å². The number of aromatic hydroxyl groups is 1. The quantitative estimate of drug-likeness (QED) is 0.720. The lowest BCUT2D eigenvalue weighted by atomic mass is 9.98. The molecule has 2 aliphatic rings. The Hall–Kier alpha value is -2.54. The van der Waals surface area contributed by atoms with Gasteiger partial charge >= 0.3 is 0 Å². The molecule has 0 radical (unpaired) electrons. The first-order valence-corrected chi connectivity index (χ1v) is 6.68. The van der Waals surface area contributed by atoms with Crippen LogP contribution in [-0.4, -0.2) is 5.11 Å². The zero-order valence-electron chi connectivity index (χ0n) is 11.2. The van der Waals surface area contributed by atoms with E-state index in [0.29, 0.717) is 0 Å². The van der Waals surface area contributed by atoms with Gasteiger partial charge in [-0.05, 0) is 46.4 Å². The van der Waals surface area contributed by atoms with Crippen molar-refractivity contribution in [2.75, 3.05) is 0 Å². The highest BCUT2D eigenvalue weighted by Crippen LogP contribution is 2.30. The molecule has 20 heavy (non-hydrogen) atoms. The van der Waals surface area contributed by atoms with E-state index in [1.54, 1.807) is 12.1 Å². The second kappa shape index (κ2) is 5.22. The largest absolute Gasteiger partial charge is 0.508 e. The van der Waals surface area contributed by atoms with E-state index in [9.17, 15) is 5.11 Å². The lowest BCUT2D eigenvalue weighted by molar-refractivity contribution is 0.475. The zero-order valence-corrected chi connectivity index (χ0v) is 11.2. The predicted molar refractivity (Wildman–Crippen MR) is 83.9 cm³/mol. The molecule has 98 valence electrons. The van der Waals surface area contributed by atoms with Crippen LogP contribution in [-0.2, 0) is 6.42 Å². The average molecular weight is 260 g/mol. The molecule has 0 bridgehead atoms. The molecular formula is C19H16O. The summed E-state index contributed by atoms with van der Waals surface area (Å²) in [6, 6.07) is 22.0. The second-order valence-electron chi connectivity index (χ2n) is 4.97. The summed E-state index contributed by atoms with van der Waals surface area (Å²) >= 11 is 0. The molecule has 1 nitrogen and oxygen atoms in total. The molecule has 0 spiro atoms. The standard InChI is InChI=1S/C19H16O/c1-14(15-9-11-18(20)12-10-15)13-17-8-7-16-5-3-2-4-6-19(16)17/h2-12,20H,1,13H2. The Morgan fingerprint density at radius 3 is 2.40 bits per heavy atom. The summed E-state index contributed by atoms with van der Waals surface area (Å²) < 4.78 is 0. The van der Waals surface area contributed by atoms with Gasteiger partial charge < -0.3 is 5.11 Å². The van der Waals surface area contributed by atoms with Gasteiger partial charge in [0, 0.05) is 0 Å². The fraction of sp³-hybridized carbons (Fsp3) is 0.0526. The summed E-state index contributed by atoms with van der Waals surface area (Å²) in [6.07, 6.45) is 0.818. The summed E-state index contributed by atoms with van der Waals surface area (Å²) in [5.74, 6) is 0.285. The molecule has 0 heterocycles. The van der Waals surface area contributed by atoms with E-state index in [1.807, 2.05) is 18.2 Å². The van der Waals surface area contributed by atoms with E-state index in [0.717, 1.165) is 17.6 Å². The van der Waals surface area contributed by atoms with E-state index in [2.05, 4.69) is 43.0 Å². The fourth-order valence-electron chi connectivity index (χ4n) is 2.46. The van der Waals surface area contributed by atoms with Crippen LogP contribution < -0.4 is 0 Å². The van der Waals surface area contributed by atoms with Gasteiger partial charge in [0.25, 0.3) is 0 Å². The smallest absolute Gasteiger partial charge is 0.115 e. The van der Waals surface area contributed by atoms with Crippen LogP contribution in [0.2, 0.25) is 0 Å². The molecule has 0 aliphatic heterocycles. The molecule has 0 fully saturated rings. The van der Waals surface area contributed by atoms with Gasteiger partial charge in [0.05, 0.1) is 0 Å². The van der Waals surface area contributed by atoms with Gasteiger partial charge in [-0.3, -0.25) is 0 Å². The lowest BCUT2D eigenvalue weighted by Crippen LogP contribution is -1.89. The number of fused-ring (bicyclic) bond motifs is 1. The first kappa shape index (κ1) is 12.5. The minimum Gasteiger partial charge on any atom is -0.508 e. The maximum absolute atomic E-state index is 9.33. The SMILES string of the molecule is C=C(Cc1ccc2cccccc1-2)c1ccc(O)cc1. The monoisotopic (exact) mass is 260 g/mol. The van der Waals surface area contributed by atoms with Crippen LogP contribution in [0.5, 0.6) is 5.75 Å². The molecule has 1 aromatic carbocycles. The van der Waals surface area contributed by atoms with Crippen molar-refractivity contribution in [3.63, 3.8) is 0 Å². The lowest BCUT2D eigenvalue weighted by Gasteiger charge is -2.07. The molecule has 0 atom stereocenters. The fourth-order valence-corrected chi connectivity index (χ4v) is 2.46. The van der Waals surface area contributed by atoms with Gasteiger partial charge in [-0.25, -0.2) is 0 Å².